The number of aliphatic carboxylic acids is 1. The third-order valence-electron chi connectivity index (χ3n) is 11.4. The first-order chi connectivity index (χ1) is 32.3. The van der Waals surface area contributed by atoms with Gasteiger partial charge >= 0.3 is 12.6 Å². The van der Waals surface area contributed by atoms with E-state index in [1.807, 2.05) is 19.1 Å². The molecule has 0 bridgehead atoms. The lowest BCUT2D eigenvalue weighted by Crippen LogP contribution is -2.47. The van der Waals surface area contributed by atoms with Gasteiger partial charge < -0.3 is 34.1 Å². The highest BCUT2D eigenvalue weighted by Gasteiger charge is 2.29. The van der Waals surface area contributed by atoms with Crippen molar-refractivity contribution in [1.29, 1.82) is 0 Å². The van der Waals surface area contributed by atoms with Crippen LogP contribution in [-0.4, -0.2) is 105 Å². The average Bonchev–Trinajstić information content (AvgIpc) is 3.71. The van der Waals surface area contributed by atoms with Crippen LogP contribution in [0.3, 0.4) is 0 Å². The highest BCUT2D eigenvalue weighted by Crippen LogP contribution is 2.49. The van der Waals surface area contributed by atoms with E-state index < -0.39 is 24.5 Å². The molecule has 7 aromatic rings. The fourth-order valence-electron chi connectivity index (χ4n) is 7.82. The lowest BCUT2D eigenvalue weighted by molar-refractivity contribution is -0.145. The Morgan fingerprint density at radius 1 is 0.896 bits per heavy atom. The molecule has 0 saturated carbocycles. The molecule has 1 fully saturated rings. The van der Waals surface area contributed by atoms with Crippen LogP contribution in [0.5, 0.6) is 28.9 Å². The van der Waals surface area contributed by atoms with Crippen molar-refractivity contribution >= 4 is 39.1 Å². The molecule has 348 valence electrons. The Bertz CT molecular complexity index is 2870. The van der Waals surface area contributed by atoms with Gasteiger partial charge in [-0.1, -0.05) is 48.9 Å². The summed E-state index contributed by atoms with van der Waals surface area (Å²) in [6.45, 7) is 5.40. The second-order valence-corrected chi connectivity index (χ2v) is 17.3. The molecule has 4 heterocycles. The van der Waals surface area contributed by atoms with Crippen LogP contribution in [0.25, 0.3) is 43.2 Å². The van der Waals surface area contributed by atoms with Gasteiger partial charge in [0.15, 0.2) is 5.82 Å². The lowest BCUT2D eigenvalue weighted by atomic mass is 9.96. The van der Waals surface area contributed by atoms with E-state index in [-0.39, 0.29) is 59.2 Å². The molecular weight excluding hydrogens is 909 g/mol. The molecule has 4 aromatic carbocycles. The van der Waals surface area contributed by atoms with Crippen LogP contribution in [-0.2, 0) is 17.8 Å². The zero-order valence-corrected chi connectivity index (χ0v) is 38.2. The molecule has 0 radical (unpaired) electrons. The Kier molecular flexibility index (Phi) is 14.7. The van der Waals surface area contributed by atoms with Crippen LogP contribution < -0.4 is 18.9 Å². The van der Waals surface area contributed by atoms with Gasteiger partial charge in [-0.25, -0.2) is 29.1 Å². The number of hydrogen-bond acceptors (Lipinski definition) is 13. The Labute approximate surface area is 393 Å². The summed E-state index contributed by atoms with van der Waals surface area (Å²) in [5.74, 6) is -1.15. The number of phenols is 1. The van der Waals surface area contributed by atoms with E-state index in [9.17, 15) is 28.2 Å². The maximum absolute atomic E-state index is 14.3. The van der Waals surface area contributed by atoms with Crippen LogP contribution in [0.1, 0.15) is 30.2 Å². The first-order valence-corrected chi connectivity index (χ1v) is 22.6. The number of rotatable bonds is 18. The minimum absolute atomic E-state index is 0.0293. The van der Waals surface area contributed by atoms with E-state index in [0.717, 1.165) is 39.1 Å². The second kappa shape index (κ2) is 21.0. The number of para-hydroxylation sites is 1. The van der Waals surface area contributed by atoms with Gasteiger partial charge in [0.1, 0.15) is 52.7 Å². The van der Waals surface area contributed by atoms with Crippen molar-refractivity contribution in [1.82, 2.24) is 29.7 Å². The van der Waals surface area contributed by atoms with Gasteiger partial charge in [-0.3, -0.25) is 4.90 Å². The molecule has 0 aliphatic carbocycles. The first kappa shape index (κ1) is 47.0. The molecule has 18 heteroatoms. The SMILES string of the molecule is CC[C@@H](CN1CCN(C)CC1)Oc1ccc(-c2c(-c3ccc(F)cc3)sc3ncnc(O[C@H](Cc4cc(O)ccc4OCc4ccnc(-c5ccccc5OC(F)F)n4)C(=O)O)c23)c(C)c1Cl. The third kappa shape index (κ3) is 11.0. The molecule has 8 rings (SSSR count). The van der Waals surface area contributed by atoms with Crippen molar-refractivity contribution < 1.29 is 47.1 Å². The summed E-state index contributed by atoms with van der Waals surface area (Å²) < 4.78 is 64.2. The number of phenolic OH excluding ortho intramolecular Hbond substituents is 1. The lowest BCUT2D eigenvalue weighted by Gasteiger charge is -2.34. The molecule has 1 aliphatic heterocycles. The number of nitrogens with zero attached hydrogens (tertiary/aromatic N) is 6. The fourth-order valence-corrected chi connectivity index (χ4v) is 9.18. The van der Waals surface area contributed by atoms with Gasteiger partial charge in [0.2, 0.25) is 12.0 Å². The molecule has 0 amide bonds. The number of aromatic nitrogens is 4. The number of carboxylic acid groups (broad SMARTS) is 1. The van der Waals surface area contributed by atoms with Crippen molar-refractivity contribution in [3.05, 3.63) is 125 Å². The monoisotopic (exact) mass is 954 g/mol. The number of carboxylic acids is 1. The minimum atomic E-state index is -3.05. The molecule has 0 unspecified atom stereocenters. The predicted molar refractivity (Wildman–Crippen MR) is 249 cm³/mol. The number of halogens is 4. The number of likely N-dealkylation sites (N-methyl/N-ethyl adjacent to an activating group) is 1. The number of fused-ring (bicyclic) bond motifs is 1. The van der Waals surface area contributed by atoms with Gasteiger partial charge in [0.25, 0.3) is 0 Å². The van der Waals surface area contributed by atoms with E-state index >= 15 is 0 Å². The van der Waals surface area contributed by atoms with Crippen molar-refractivity contribution in [2.45, 2.75) is 52.1 Å². The Morgan fingerprint density at radius 2 is 1.66 bits per heavy atom. The summed E-state index contributed by atoms with van der Waals surface area (Å²) in [7, 11) is 2.12. The van der Waals surface area contributed by atoms with Crippen LogP contribution >= 0.6 is 22.9 Å². The first-order valence-electron chi connectivity index (χ1n) is 21.5. The van der Waals surface area contributed by atoms with Crippen LogP contribution in [0.2, 0.25) is 5.02 Å². The summed E-state index contributed by atoms with van der Waals surface area (Å²) in [5, 5.41) is 22.0. The van der Waals surface area contributed by atoms with E-state index in [4.69, 9.17) is 25.8 Å². The summed E-state index contributed by atoms with van der Waals surface area (Å²) in [6.07, 6.45) is 1.55. The van der Waals surface area contributed by atoms with Crippen molar-refractivity contribution in [2.24, 2.45) is 0 Å². The van der Waals surface area contributed by atoms with Crippen molar-refractivity contribution in [3.63, 3.8) is 0 Å². The number of piperazine rings is 1. The minimum Gasteiger partial charge on any atom is -0.508 e. The maximum Gasteiger partial charge on any atom is 0.387 e. The Balaban J connectivity index is 1.10. The van der Waals surface area contributed by atoms with E-state index in [0.29, 0.717) is 53.8 Å². The molecule has 2 N–H and O–H groups in total. The molecule has 67 heavy (non-hydrogen) atoms. The van der Waals surface area contributed by atoms with E-state index in [1.54, 1.807) is 36.4 Å². The summed E-state index contributed by atoms with van der Waals surface area (Å²) >= 11 is 8.46. The number of thiophene rings is 1. The quantitative estimate of drug-likeness (QED) is 0.0840. The fraction of sp³-hybridized carbons (Fsp3) is 0.286. The topological polar surface area (TPSA) is 152 Å². The predicted octanol–water partition coefficient (Wildman–Crippen LogP) is 9.95. The average molecular weight is 955 g/mol. The smallest absolute Gasteiger partial charge is 0.387 e. The normalized spacial score (nSPS) is 14.3. The molecule has 1 saturated heterocycles. The van der Waals surface area contributed by atoms with E-state index in [2.05, 4.69) is 48.4 Å². The van der Waals surface area contributed by atoms with Gasteiger partial charge in [0, 0.05) is 61.3 Å². The van der Waals surface area contributed by atoms with Crippen LogP contribution in [0.4, 0.5) is 13.2 Å². The second-order valence-electron chi connectivity index (χ2n) is 16.0. The van der Waals surface area contributed by atoms with Gasteiger partial charge in [-0.15, -0.1) is 11.3 Å². The maximum atomic E-state index is 14.3. The Hall–Kier alpha value is -6.53. The largest absolute Gasteiger partial charge is 0.508 e. The standard InChI is InChI=1S/C49H46ClF3N6O7S/c1-4-34(25-59-21-19-58(3)20-22-59)64-39-16-14-35(28(2)43(39)50)41-42-46(55-27-56-47(42)67-44(41)29-9-11-31(51)12-10-29)65-40(48(61)62)24-30-23-33(60)13-15-37(30)63-26-32-17-18-54-45(57-32)36-7-5-6-8-38(36)66-49(52)53/h5-18,23,27,34,40,49,60H,4,19-22,24-26H2,1-3H3,(H,61,62)/t34-,40+/m0/s1. The molecule has 3 aromatic heterocycles. The Morgan fingerprint density at radius 3 is 2.40 bits per heavy atom. The van der Waals surface area contributed by atoms with Crippen LogP contribution in [0, 0.1) is 12.7 Å². The zero-order valence-electron chi connectivity index (χ0n) is 36.7. The van der Waals surface area contributed by atoms with Gasteiger partial charge in [-0.05, 0) is 91.7 Å². The molecule has 2 atom stereocenters. The van der Waals surface area contributed by atoms with Crippen molar-refractivity contribution in [2.75, 3.05) is 39.8 Å². The summed E-state index contributed by atoms with van der Waals surface area (Å²) in [6, 6.07) is 21.7. The van der Waals surface area contributed by atoms with Gasteiger partial charge in [0.05, 0.1) is 21.7 Å². The van der Waals surface area contributed by atoms with Gasteiger partial charge in [-0.2, -0.15) is 8.78 Å². The van der Waals surface area contributed by atoms with E-state index in [1.165, 1.54) is 60.3 Å². The number of aromatic hydroxyl groups is 1. The highest BCUT2D eigenvalue weighted by atomic mass is 35.5. The number of hydrogen-bond donors (Lipinski definition) is 2. The third-order valence-corrected chi connectivity index (χ3v) is 13.0. The van der Waals surface area contributed by atoms with Crippen molar-refractivity contribution in [3.8, 4) is 61.8 Å². The highest BCUT2D eigenvalue weighted by molar-refractivity contribution is 7.22. The number of alkyl halides is 2. The summed E-state index contributed by atoms with van der Waals surface area (Å²) in [4.78, 5) is 36.7. The summed E-state index contributed by atoms with van der Waals surface area (Å²) in [5.41, 5.74) is 3.56. The molecule has 1 aliphatic rings. The number of carbonyl (C=O) groups is 1. The molecule has 0 spiro atoms. The number of ether oxygens (including phenoxy) is 4. The number of benzene rings is 4. The van der Waals surface area contributed by atoms with Crippen LogP contribution in [0.15, 0.2) is 97.5 Å². The molecule has 13 nitrogen and oxygen atoms in total. The molecular formula is C49H46ClF3N6O7S. The zero-order chi connectivity index (χ0) is 47.2.